The Morgan fingerprint density at radius 3 is 2.33 bits per heavy atom. The van der Waals surface area contributed by atoms with Gasteiger partial charge in [0.15, 0.2) is 0 Å². The summed E-state index contributed by atoms with van der Waals surface area (Å²) in [7, 11) is 0. The first-order chi connectivity index (χ1) is 7.09. The summed E-state index contributed by atoms with van der Waals surface area (Å²) in [6.45, 7) is 9.15. The monoisotopic (exact) mass is 211 g/mol. The highest BCUT2D eigenvalue weighted by atomic mass is 16.3. The molecule has 1 saturated heterocycles. The van der Waals surface area contributed by atoms with Gasteiger partial charge in [-0.15, -0.1) is 0 Å². The quantitative estimate of drug-likeness (QED) is 0.757. The van der Waals surface area contributed by atoms with E-state index in [0.29, 0.717) is 12.0 Å². The molecule has 2 fully saturated rings. The van der Waals surface area contributed by atoms with Gasteiger partial charge in [0.05, 0.1) is 6.10 Å². The van der Waals surface area contributed by atoms with E-state index >= 15 is 0 Å². The topological polar surface area (TPSA) is 23.5 Å². The van der Waals surface area contributed by atoms with E-state index in [1.807, 2.05) is 0 Å². The van der Waals surface area contributed by atoms with Crippen LogP contribution < -0.4 is 0 Å². The Morgan fingerprint density at radius 2 is 1.80 bits per heavy atom. The lowest BCUT2D eigenvalue weighted by Crippen LogP contribution is -2.68. The molecular weight excluding hydrogens is 186 g/mol. The summed E-state index contributed by atoms with van der Waals surface area (Å²) in [5.74, 6) is 0.512. The normalized spacial score (nSPS) is 41.2. The first-order valence-electron chi connectivity index (χ1n) is 6.51. The fourth-order valence-corrected chi connectivity index (χ4v) is 3.72. The number of likely N-dealkylation sites (tertiary alicyclic amines) is 1. The van der Waals surface area contributed by atoms with E-state index in [9.17, 15) is 5.11 Å². The molecule has 0 aromatic carbocycles. The molecule has 2 aliphatic rings. The van der Waals surface area contributed by atoms with Crippen LogP contribution in [-0.4, -0.2) is 35.2 Å². The van der Waals surface area contributed by atoms with Crippen LogP contribution in [0.3, 0.4) is 0 Å². The van der Waals surface area contributed by atoms with Crippen molar-refractivity contribution in [2.75, 3.05) is 13.1 Å². The number of rotatable bonds is 2. The van der Waals surface area contributed by atoms with Gasteiger partial charge >= 0.3 is 0 Å². The van der Waals surface area contributed by atoms with Crippen LogP contribution in [0, 0.1) is 11.3 Å². The van der Waals surface area contributed by atoms with Crippen molar-refractivity contribution in [3.63, 3.8) is 0 Å². The van der Waals surface area contributed by atoms with Crippen LogP contribution in [0.25, 0.3) is 0 Å². The molecule has 3 atom stereocenters. The average Bonchev–Trinajstić information content (AvgIpc) is 2.25. The molecule has 1 aliphatic carbocycles. The average molecular weight is 211 g/mol. The highest BCUT2D eigenvalue weighted by Gasteiger charge is 2.56. The number of aliphatic hydroxyl groups excluding tert-OH is 1. The number of piperidine rings is 1. The Hall–Kier alpha value is -0.0800. The van der Waals surface area contributed by atoms with Crippen molar-refractivity contribution in [1.82, 2.24) is 4.90 Å². The lowest BCUT2D eigenvalue weighted by Gasteiger charge is -2.60. The molecule has 0 radical (unpaired) electrons. The van der Waals surface area contributed by atoms with Crippen molar-refractivity contribution in [3.05, 3.63) is 0 Å². The van der Waals surface area contributed by atoms with Gasteiger partial charge in [0.1, 0.15) is 0 Å². The van der Waals surface area contributed by atoms with Gasteiger partial charge in [-0.1, -0.05) is 27.2 Å². The second kappa shape index (κ2) is 4.06. The molecule has 2 rings (SSSR count). The fourth-order valence-electron chi connectivity index (χ4n) is 3.72. The van der Waals surface area contributed by atoms with Crippen LogP contribution in [-0.2, 0) is 0 Å². The van der Waals surface area contributed by atoms with E-state index in [-0.39, 0.29) is 11.5 Å². The Bertz CT molecular complexity index is 221. The molecular formula is C13H25NO. The first-order valence-corrected chi connectivity index (χ1v) is 6.51. The Kier molecular flexibility index (Phi) is 3.09. The van der Waals surface area contributed by atoms with Gasteiger partial charge in [0.2, 0.25) is 0 Å². The molecule has 1 aliphatic heterocycles. The Morgan fingerprint density at radius 1 is 1.20 bits per heavy atom. The maximum absolute atomic E-state index is 10.1. The van der Waals surface area contributed by atoms with Crippen LogP contribution in [0.15, 0.2) is 0 Å². The van der Waals surface area contributed by atoms with Crippen molar-refractivity contribution in [2.24, 2.45) is 11.3 Å². The lowest BCUT2D eigenvalue weighted by atomic mass is 9.55. The summed E-state index contributed by atoms with van der Waals surface area (Å²) < 4.78 is 0. The minimum atomic E-state index is -0.0885. The molecule has 1 saturated carbocycles. The van der Waals surface area contributed by atoms with Crippen LogP contribution >= 0.6 is 0 Å². The summed E-state index contributed by atoms with van der Waals surface area (Å²) in [6.07, 6.45) is 5.11. The second-order valence-corrected chi connectivity index (χ2v) is 5.88. The Labute approximate surface area is 93.7 Å². The van der Waals surface area contributed by atoms with Crippen molar-refractivity contribution in [2.45, 2.75) is 58.6 Å². The molecule has 3 unspecified atom stereocenters. The molecule has 1 N–H and O–H groups in total. The molecule has 0 aromatic heterocycles. The van der Waals surface area contributed by atoms with Gasteiger partial charge in [-0.2, -0.15) is 0 Å². The molecule has 0 spiro atoms. The predicted octanol–water partition coefficient (Wildman–Crippen LogP) is 2.27. The zero-order chi connectivity index (χ0) is 11.1. The van der Waals surface area contributed by atoms with Crippen molar-refractivity contribution in [1.29, 1.82) is 0 Å². The summed E-state index contributed by atoms with van der Waals surface area (Å²) >= 11 is 0. The molecule has 0 amide bonds. The molecule has 15 heavy (non-hydrogen) atoms. The smallest absolute Gasteiger partial charge is 0.0649 e. The summed E-state index contributed by atoms with van der Waals surface area (Å²) in [5, 5.41) is 10.1. The zero-order valence-electron chi connectivity index (χ0n) is 10.4. The predicted molar refractivity (Wildman–Crippen MR) is 62.8 cm³/mol. The third-order valence-electron chi connectivity index (χ3n) is 4.59. The maximum Gasteiger partial charge on any atom is 0.0649 e. The summed E-state index contributed by atoms with van der Waals surface area (Å²) in [6, 6.07) is 0.623. The van der Waals surface area contributed by atoms with E-state index in [2.05, 4.69) is 25.7 Å². The third-order valence-corrected chi connectivity index (χ3v) is 4.59. The molecule has 0 aromatic rings. The Balaban J connectivity index is 2.05. The standard InChI is InChI=1S/C13H25NO/c1-4-10-11(13(2,3)12(10)15)14-8-6-5-7-9-14/h10-12,15H,4-9H2,1-3H3. The highest BCUT2D eigenvalue weighted by molar-refractivity contribution is 5.08. The molecule has 2 nitrogen and oxygen atoms in total. The molecule has 0 bridgehead atoms. The number of hydrogen-bond donors (Lipinski definition) is 1. The van der Waals surface area contributed by atoms with E-state index in [1.54, 1.807) is 0 Å². The first kappa shape index (κ1) is 11.4. The number of hydrogen-bond acceptors (Lipinski definition) is 2. The fraction of sp³-hybridized carbons (Fsp3) is 1.00. The van der Waals surface area contributed by atoms with Crippen LogP contribution in [0.4, 0.5) is 0 Å². The minimum Gasteiger partial charge on any atom is -0.392 e. The van der Waals surface area contributed by atoms with E-state index in [1.165, 1.54) is 32.4 Å². The molecule has 1 heterocycles. The number of nitrogens with zero attached hydrogens (tertiary/aromatic N) is 1. The van der Waals surface area contributed by atoms with Crippen molar-refractivity contribution >= 4 is 0 Å². The largest absolute Gasteiger partial charge is 0.392 e. The van der Waals surface area contributed by atoms with Gasteiger partial charge in [-0.05, 0) is 32.4 Å². The lowest BCUT2D eigenvalue weighted by molar-refractivity contribution is -0.178. The van der Waals surface area contributed by atoms with Crippen LogP contribution in [0.5, 0.6) is 0 Å². The van der Waals surface area contributed by atoms with Gasteiger partial charge in [0.25, 0.3) is 0 Å². The van der Waals surface area contributed by atoms with Gasteiger partial charge in [-0.3, -0.25) is 4.90 Å². The van der Waals surface area contributed by atoms with Gasteiger partial charge in [-0.25, -0.2) is 0 Å². The van der Waals surface area contributed by atoms with Crippen molar-refractivity contribution in [3.8, 4) is 0 Å². The third kappa shape index (κ3) is 1.72. The number of aliphatic hydroxyl groups is 1. The molecule has 2 heteroatoms. The van der Waals surface area contributed by atoms with Gasteiger partial charge < -0.3 is 5.11 Å². The minimum absolute atomic E-state index is 0.0885. The zero-order valence-corrected chi connectivity index (χ0v) is 10.4. The summed E-state index contributed by atoms with van der Waals surface area (Å²) in [5.41, 5.74) is 0.109. The second-order valence-electron chi connectivity index (χ2n) is 5.88. The highest BCUT2D eigenvalue weighted by Crippen LogP contribution is 2.50. The van der Waals surface area contributed by atoms with Crippen LogP contribution in [0.2, 0.25) is 0 Å². The molecule has 88 valence electrons. The SMILES string of the molecule is CCC1C(O)C(C)(C)C1N1CCCCC1. The van der Waals surface area contributed by atoms with Gasteiger partial charge in [0, 0.05) is 17.4 Å². The maximum atomic E-state index is 10.1. The van der Waals surface area contributed by atoms with E-state index in [0.717, 1.165) is 6.42 Å². The van der Waals surface area contributed by atoms with E-state index in [4.69, 9.17) is 0 Å². The summed E-state index contributed by atoms with van der Waals surface area (Å²) in [4.78, 5) is 2.63. The van der Waals surface area contributed by atoms with Crippen LogP contribution in [0.1, 0.15) is 46.5 Å². The van der Waals surface area contributed by atoms with E-state index < -0.39 is 0 Å². The van der Waals surface area contributed by atoms with Crippen molar-refractivity contribution < 1.29 is 5.11 Å².